The van der Waals surface area contributed by atoms with E-state index >= 15 is 0 Å². The maximum absolute atomic E-state index is 5.63. The predicted octanol–water partition coefficient (Wildman–Crippen LogP) is 4.32. The van der Waals surface area contributed by atoms with Gasteiger partial charge in [0, 0.05) is 6.20 Å². The van der Waals surface area contributed by atoms with Crippen LogP contribution in [0, 0.1) is 0 Å². The summed E-state index contributed by atoms with van der Waals surface area (Å²) in [7, 11) is 0. The molecule has 0 bridgehead atoms. The second-order valence-electron chi connectivity index (χ2n) is 4.22. The highest BCUT2D eigenvalue weighted by molar-refractivity contribution is 5.46. The van der Waals surface area contributed by atoms with E-state index in [-0.39, 0.29) is 0 Å². The van der Waals surface area contributed by atoms with Crippen LogP contribution in [0.2, 0.25) is 0 Å². The summed E-state index contributed by atoms with van der Waals surface area (Å²) in [6, 6.07) is 10.3. The molecule has 0 atom stereocenters. The third kappa shape index (κ3) is 4.84. The Bertz CT molecular complexity index is 516. The highest BCUT2D eigenvalue weighted by Gasteiger charge is 1.97. The monoisotopic (exact) mass is 251 g/mol. The lowest BCUT2D eigenvalue weighted by atomic mass is 10.0. The molecule has 0 aromatic heterocycles. The van der Waals surface area contributed by atoms with E-state index in [0.29, 0.717) is 0 Å². The highest BCUT2D eigenvalue weighted by Crippen LogP contribution is 2.14. The number of nitrogens with two attached hydrogens (primary N) is 1. The standard InChI is InChI=1S/C18H21N/c1-4-17(5-2)18(14-19)12-11-15(3)13-16-9-7-6-8-10-16/h4-12,14H,1,3,13,19H2,2H3/b12-11-,17-5+,18-14+. The van der Waals surface area contributed by atoms with Crippen LogP contribution in [0.25, 0.3) is 0 Å². The average molecular weight is 251 g/mol. The van der Waals surface area contributed by atoms with Gasteiger partial charge < -0.3 is 5.73 Å². The number of hydrogen-bond donors (Lipinski definition) is 1. The van der Waals surface area contributed by atoms with Crippen molar-refractivity contribution in [3.63, 3.8) is 0 Å². The smallest absolute Gasteiger partial charge is 0.00174 e. The van der Waals surface area contributed by atoms with E-state index in [4.69, 9.17) is 5.73 Å². The molecule has 0 amide bonds. The molecule has 2 N–H and O–H groups in total. The summed E-state index contributed by atoms with van der Waals surface area (Å²) < 4.78 is 0. The van der Waals surface area contributed by atoms with Crippen molar-refractivity contribution < 1.29 is 0 Å². The lowest BCUT2D eigenvalue weighted by molar-refractivity contribution is 1.20. The molecule has 0 saturated heterocycles. The Kier molecular flexibility index (Phi) is 6.17. The minimum absolute atomic E-state index is 0.842. The van der Waals surface area contributed by atoms with Gasteiger partial charge in [-0.2, -0.15) is 0 Å². The van der Waals surface area contributed by atoms with Crippen LogP contribution >= 0.6 is 0 Å². The quantitative estimate of drug-likeness (QED) is 0.749. The Balaban J connectivity index is 2.71. The molecule has 0 radical (unpaired) electrons. The molecule has 0 aliphatic heterocycles. The van der Waals surface area contributed by atoms with Gasteiger partial charge in [0.15, 0.2) is 0 Å². The van der Waals surface area contributed by atoms with E-state index in [2.05, 4.69) is 25.3 Å². The Labute approximate surface area is 116 Å². The van der Waals surface area contributed by atoms with E-state index in [0.717, 1.165) is 23.1 Å². The van der Waals surface area contributed by atoms with Gasteiger partial charge in [0.1, 0.15) is 0 Å². The van der Waals surface area contributed by atoms with Gasteiger partial charge in [0.25, 0.3) is 0 Å². The van der Waals surface area contributed by atoms with Crippen molar-refractivity contribution in [2.45, 2.75) is 13.3 Å². The Morgan fingerprint density at radius 2 is 1.84 bits per heavy atom. The van der Waals surface area contributed by atoms with E-state index in [9.17, 15) is 0 Å². The largest absolute Gasteiger partial charge is 0.404 e. The minimum atomic E-state index is 0.842. The summed E-state index contributed by atoms with van der Waals surface area (Å²) in [5.41, 5.74) is 9.90. The van der Waals surface area contributed by atoms with Crippen LogP contribution in [0.1, 0.15) is 12.5 Å². The van der Waals surface area contributed by atoms with Crippen LogP contribution in [-0.4, -0.2) is 0 Å². The molecule has 0 fully saturated rings. The van der Waals surface area contributed by atoms with E-state index in [1.165, 1.54) is 5.56 Å². The molecule has 1 aromatic carbocycles. The second-order valence-corrected chi connectivity index (χ2v) is 4.22. The first-order chi connectivity index (χ1) is 9.21. The lowest BCUT2D eigenvalue weighted by Gasteiger charge is -2.03. The topological polar surface area (TPSA) is 26.0 Å². The molecule has 0 heterocycles. The number of benzene rings is 1. The van der Waals surface area contributed by atoms with Crippen molar-refractivity contribution in [3.8, 4) is 0 Å². The Hall–Kier alpha value is -2.28. The molecule has 0 aliphatic carbocycles. The fourth-order valence-electron chi connectivity index (χ4n) is 1.77. The number of hydrogen-bond acceptors (Lipinski definition) is 1. The fraction of sp³-hybridized carbons (Fsp3) is 0.111. The highest BCUT2D eigenvalue weighted by atomic mass is 14.5. The van der Waals surface area contributed by atoms with E-state index in [1.54, 1.807) is 12.3 Å². The number of rotatable bonds is 6. The normalized spacial score (nSPS) is 12.7. The van der Waals surface area contributed by atoms with Gasteiger partial charge in [0.2, 0.25) is 0 Å². The van der Waals surface area contributed by atoms with Crippen LogP contribution in [-0.2, 0) is 6.42 Å². The zero-order valence-electron chi connectivity index (χ0n) is 11.5. The summed E-state index contributed by atoms with van der Waals surface area (Å²) in [5.74, 6) is 0. The molecule has 0 aliphatic rings. The molecule has 19 heavy (non-hydrogen) atoms. The maximum Gasteiger partial charge on any atom is 0.00174 e. The summed E-state index contributed by atoms with van der Waals surface area (Å²) in [5, 5.41) is 0. The summed E-state index contributed by atoms with van der Waals surface area (Å²) >= 11 is 0. The lowest BCUT2D eigenvalue weighted by Crippen LogP contribution is -1.90. The molecule has 1 rings (SSSR count). The van der Waals surface area contributed by atoms with Crippen LogP contribution < -0.4 is 5.73 Å². The van der Waals surface area contributed by atoms with Gasteiger partial charge in [-0.3, -0.25) is 0 Å². The predicted molar refractivity (Wildman–Crippen MR) is 84.7 cm³/mol. The van der Waals surface area contributed by atoms with Crippen molar-refractivity contribution in [2.75, 3.05) is 0 Å². The van der Waals surface area contributed by atoms with E-state index < -0.39 is 0 Å². The van der Waals surface area contributed by atoms with Crippen molar-refractivity contribution in [1.29, 1.82) is 0 Å². The first kappa shape index (κ1) is 14.8. The molecular formula is C18H21N. The Morgan fingerprint density at radius 1 is 1.16 bits per heavy atom. The third-order valence-corrected chi connectivity index (χ3v) is 2.82. The molecule has 0 unspecified atom stereocenters. The van der Waals surface area contributed by atoms with Crippen LogP contribution in [0.5, 0.6) is 0 Å². The Morgan fingerprint density at radius 3 is 2.37 bits per heavy atom. The maximum atomic E-state index is 5.63. The van der Waals surface area contributed by atoms with Crippen LogP contribution in [0.15, 0.2) is 90.7 Å². The first-order valence-electron chi connectivity index (χ1n) is 6.32. The van der Waals surface area contributed by atoms with Gasteiger partial charge in [-0.05, 0) is 30.1 Å². The second kappa shape index (κ2) is 7.93. The summed E-state index contributed by atoms with van der Waals surface area (Å²) in [6.07, 6.45) is 10.2. The fourth-order valence-corrected chi connectivity index (χ4v) is 1.77. The van der Waals surface area contributed by atoms with Crippen molar-refractivity contribution in [1.82, 2.24) is 0 Å². The molecule has 0 saturated carbocycles. The van der Waals surface area contributed by atoms with Crippen molar-refractivity contribution >= 4 is 0 Å². The first-order valence-corrected chi connectivity index (χ1v) is 6.32. The summed E-state index contributed by atoms with van der Waals surface area (Å²) in [6.45, 7) is 9.81. The van der Waals surface area contributed by atoms with Crippen molar-refractivity contribution in [3.05, 3.63) is 96.3 Å². The minimum Gasteiger partial charge on any atom is -0.404 e. The third-order valence-electron chi connectivity index (χ3n) is 2.82. The van der Waals surface area contributed by atoms with Gasteiger partial charge in [-0.1, -0.05) is 73.4 Å². The van der Waals surface area contributed by atoms with Crippen LogP contribution in [0.4, 0.5) is 0 Å². The van der Waals surface area contributed by atoms with Crippen molar-refractivity contribution in [2.24, 2.45) is 5.73 Å². The number of allylic oxidation sites excluding steroid dienone is 7. The van der Waals surface area contributed by atoms with Gasteiger partial charge in [-0.25, -0.2) is 0 Å². The van der Waals surface area contributed by atoms with Gasteiger partial charge in [0.05, 0.1) is 0 Å². The molecule has 98 valence electrons. The zero-order valence-corrected chi connectivity index (χ0v) is 11.5. The molecule has 1 nitrogen and oxygen atoms in total. The van der Waals surface area contributed by atoms with Gasteiger partial charge >= 0.3 is 0 Å². The molecule has 0 spiro atoms. The SMILES string of the molecule is C=CC(=C\C)/C(/C=C\C(=C)Cc1ccccc1)=C/N. The zero-order chi connectivity index (χ0) is 14.1. The summed E-state index contributed by atoms with van der Waals surface area (Å²) in [4.78, 5) is 0. The molecular weight excluding hydrogens is 230 g/mol. The average Bonchev–Trinajstić information content (AvgIpc) is 2.44. The van der Waals surface area contributed by atoms with E-state index in [1.807, 2.05) is 43.4 Å². The van der Waals surface area contributed by atoms with Crippen LogP contribution in [0.3, 0.4) is 0 Å². The molecule has 1 heteroatoms. The van der Waals surface area contributed by atoms with Gasteiger partial charge in [-0.15, -0.1) is 0 Å². The molecule has 1 aromatic rings.